The lowest BCUT2D eigenvalue weighted by Gasteiger charge is -2.29. The molecule has 1 N–H and O–H groups in total. The summed E-state index contributed by atoms with van der Waals surface area (Å²) in [6.07, 6.45) is 0.897. The molecule has 0 amide bonds. The molecule has 1 aromatic rings. The topological polar surface area (TPSA) is 21.3 Å². The van der Waals surface area contributed by atoms with Gasteiger partial charge in [-0.3, -0.25) is 0 Å². The summed E-state index contributed by atoms with van der Waals surface area (Å²) < 4.78 is 18.8. The van der Waals surface area contributed by atoms with Crippen LogP contribution in [0.15, 0.2) is 18.2 Å². The number of aryl methyl sites for hydroxylation is 1. The fourth-order valence-electron chi connectivity index (χ4n) is 2.38. The van der Waals surface area contributed by atoms with Crippen LogP contribution in [0.3, 0.4) is 0 Å². The van der Waals surface area contributed by atoms with Gasteiger partial charge in [0.05, 0.1) is 6.10 Å². The van der Waals surface area contributed by atoms with Gasteiger partial charge in [0.15, 0.2) is 0 Å². The summed E-state index contributed by atoms with van der Waals surface area (Å²) in [5, 5.41) is 3.28. The second kappa shape index (κ2) is 6.86. The van der Waals surface area contributed by atoms with E-state index in [0.717, 1.165) is 17.5 Å². The predicted octanol–water partition coefficient (Wildman–Crippen LogP) is 2.94. The lowest BCUT2D eigenvalue weighted by Crippen LogP contribution is -2.43. The van der Waals surface area contributed by atoms with Crippen molar-refractivity contribution in [2.24, 2.45) is 5.92 Å². The van der Waals surface area contributed by atoms with Crippen molar-refractivity contribution in [3.05, 3.63) is 35.1 Å². The number of benzene rings is 1. The summed E-state index contributed by atoms with van der Waals surface area (Å²) in [5.74, 6) is 0.241. The van der Waals surface area contributed by atoms with Crippen molar-refractivity contribution >= 4 is 0 Å². The van der Waals surface area contributed by atoms with E-state index in [0.29, 0.717) is 5.92 Å². The van der Waals surface area contributed by atoms with Gasteiger partial charge in [-0.25, -0.2) is 4.39 Å². The normalized spacial score (nSPS) is 14.8. The number of hydrogen-bond acceptors (Lipinski definition) is 2. The molecule has 1 aromatic carbocycles. The van der Waals surface area contributed by atoms with Crippen LogP contribution >= 0.6 is 0 Å². The van der Waals surface area contributed by atoms with Crippen molar-refractivity contribution in [2.75, 3.05) is 14.2 Å². The molecule has 0 bridgehead atoms. The molecule has 0 saturated heterocycles. The highest BCUT2D eigenvalue weighted by molar-refractivity contribution is 5.27. The van der Waals surface area contributed by atoms with Gasteiger partial charge >= 0.3 is 0 Å². The van der Waals surface area contributed by atoms with Gasteiger partial charge < -0.3 is 10.1 Å². The van der Waals surface area contributed by atoms with Crippen molar-refractivity contribution in [1.82, 2.24) is 5.32 Å². The summed E-state index contributed by atoms with van der Waals surface area (Å²) >= 11 is 0. The standard InChI is InChI=1S/C15H24FNO/c1-10(2)15(18-5)14(17-4)9-12-8-13(16)7-6-11(12)3/h6-8,10,14-15,17H,9H2,1-5H3. The predicted molar refractivity (Wildman–Crippen MR) is 73.3 cm³/mol. The Balaban J connectivity index is 2.88. The minimum Gasteiger partial charge on any atom is -0.380 e. The van der Waals surface area contributed by atoms with Crippen LogP contribution in [-0.2, 0) is 11.2 Å². The molecule has 0 aliphatic carbocycles. The van der Waals surface area contributed by atoms with E-state index in [-0.39, 0.29) is 18.0 Å². The van der Waals surface area contributed by atoms with Crippen LogP contribution in [-0.4, -0.2) is 26.3 Å². The van der Waals surface area contributed by atoms with Gasteiger partial charge in [-0.15, -0.1) is 0 Å². The second-order valence-corrected chi connectivity index (χ2v) is 5.11. The van der Waals surface area contributed by atoms with Crippen LogP contribution < -0.4 is 5.32 Å². The number of ether oxygens (including phenoxy) is 1. The maximum atomic E-state index is 13.3. The van der Waals surface area contributed by atoms with Gasteiger partial charge in [0, 0.05) is 13.2 Å². The van der Waals surface area contributed by atoms with Gasteiger partial charge in [0.1, 0.15) is 5.82 Å². The van der Waals surface area contributed by atoms with Crippen molar-refractivity contribution < 1.29 is 9.13 Å². The molecule has 0 spiro atoms. The molecule has 102 valence electrons. The average molecular weight is 253 g/mol. The SMILES string of the molecule is CNC(Cc1cc(F)ccc1C)C(OC)C(C)C. The lowest BCUT2D eigenvalue weighted by atomic mass is 9.92. The maximum Gasteiger partial charge on any atom is 0.123 e. The van der Waals surface area contributed by atoms with E-state index in [1.807, 2.05) is 20.0 Å². The summed E-state index contributed by atoms with van der Waals surface area (Å²) in [6, 6.07) is 5.14. The zero-order valence-electron chi connectivity index (χ0n) is 12.0. The van der Waals surface area contributed by atoms with E-state index >= 15 is 0 Å². The van der Waals surface area contributed by atoms with Crippen LogP contribution in [0.4, 0.5) is 4.39 Å². The van der Waals surface area contributed by atoms with Crippen LogP contribution in [0.5, 0.6) is 0 Å². The molecule has 0 saturated carbocycles. The Morgan fingerprint density at radius 2 is 2.00 bits per heavy atom. The minimum absolute atomic E-state index is 0.123. The Morgan fingerprint density at radius 1 is 1.33 bits per heavy atom. The maximum absolute atomic E-state index is 13.3. The first-order valence-corrected chi connectivity index (χ1v) is 6.44. The van der Waals surface area contributed by atoms with E-state index in [1.165, 1.54) is 6.07 Å². The molecule has 2 unspecified atom stereocenters. The molecule has 0 fully saturated rings. The van der Waals surface area contributed by atoms with E-state index in [9.17, 15) is 4.39 Å². The molecular formula is C15H24FNO. The van der Waals surface area contributed by atoms with Crippen molar-refractivity contribution in [3.63, 3.8) is 0 Å². The Morgan fingerprint density at radius 3 is 2.50 bits per heavy atom. The van der Waals surface area contributed by atoms with E-state index < -0.39 is 0 Å². The quantitative estimate of drug-likeness (QED) is 0.841. The number of nitrogens with one attached hydrogen (secondary N) is 1. The first kappa shape index (κ1) is 15.1. The Kier molecular flexibility index (Phi) is 5.76. The molecule has 0 aliphatic heterocycles. The van der Waals surface area contributed by atoms with Gasteiger partial charge in [-0.2, -0.15) is 0 Å². The van der Waals surface area contributed by atoms with Gasteiger partial charge in [0.2, 0.25) is 0 Å². The third-order valence-electron chi connectivity index (χ3n) is 3.45. The first-order valence-electron chi connectivity index (χ1n) is 6.44. The highest BCUT2D eigenvalue weighted by atomic mass is 19.1. The summed E-state index contributed by atoms with van der Waals surface area (Å²) in [5.41, 5.74) is 2.16. The Bertz CT molecular complexity index is 379. The summed E-state index contributed by atoms with van der Waals surface area (Å²) in [7, 11) is 3.65. The number of methoxy groups -OCH3 is 1. The van der Waals surface area contributed by atoms with Gasteiger partial charge in [-0.05, 0) is 49.6 Å². The molecule has 3 heteroatoms. The van der Waals surface area contributed by atoms with Crippen LogP contribution in [0.25, 0.3) is 0 Å². The molecule has 2 atom stereocenters. The third-order valence-corrected chi connectivity index (χ3v) is 3.45. The Labute approximate surface area is 110 Å². The highest BCUT2D eigenvalue weighted by Crippen LogP contribution is 2.18. The fourth-order valence-corrected chi connectivity index (χ4v) is 2.38. The highest BCUT2D eigenvalue weighted by Gasteiger charge is 2.23. The van der Waals surface area contributed by atoms with Gasteiger partial charge in [0.25, 0.3) is 0 Å². The zero-order chi connectivity index (χ0) is 13.7. The number of likely N-dealkylation sites (N-methyl/N-ethyl adjacent to an activating group) is 1. The molecule has 18 heavy (non-hydrogen) atoms. The molecule has 0 aliphatic rings. The van der Waals surface area contributed by atoms with Crippen molar-refractivity contribution in [2.45, 2.75) is 39.3 Å². The van der Waals surface area contributed by atoms with Crippen molar-refractivity contribution in [1.29, 1.82) is 0 Å². The molecule has 1 rings (SSSR count). The molecule has 0 aromatic heterocycles. The van der Waals surface area contributed by atoms with E-state index in [4.69, 9.17) is 4.74 Å². The van der Waals surface area contributed by atoms with Crippen LogP contribution in [0.1, 0.15) is 25.0 Å². The molecular weight excluding hydrogens is 229 g/mol. The summed E-state index contributed by atoms with van der Waals surface area (Å²) in [6.45, 7) is 6.28. The molecule has 0 radical (unpaired) electrons. The molecule has 2 nitrogen and oxygen atoms in total. The number of halogens is 1. The number of hydrogen-bond donors (Lipinski definition) is 1. The lowest BCUT2D eigenvalue weighted by molar-refractivity contribution is 0.0353. The average Bonchev–Trinajstić information content (AvgIpc) is 2.32. The minimum atomic E-state index is -0.177. The van der Waals surface area contributed by atoms with Crippen LogP contribution in [0, 0.1) is 18.7 Å². The largest absolute Gasteiger partial charge is 0.380 e. The zero-order valence-corrected chi connectivity index (χ0v) is 12.0. The second-order valence-electron chi connectivity index (χ2n) is 5.11. The monoisotopic (exact) mass is 253 g/mol. The Hall–Kier alpha value is -0.930. The first-order chi connectivity index (χ1) is 8.49. The fraction of sp³-hybridized carbons (Fsp3) is 0.600. The van der Waals surface area contributed by atoms with E-state index in [1.54, 1.807) is 13.2 Å². The van der Waals surface area contributed by atoms with E-state index in [2.05, 4.69) is 19.2 Å². The summed E-state index contributed by atoms with van der Waals surface area (Å²) in [4.78, 5) is 0. The third kappa shape index (κ3) is 3.79. The number of rotatable bonds is 6. The van der Waals surface area contributed by atoms with Crippen LogP contribution in [0.2, 0.25) is 0 Å². The van der Waals surface area contributed by atoms with Crippen molar-refractivity contribution in [3.8, 4) is 0 Å². The van der Waals surface area contributed by atoms with Gasteiger partial charge in [-0.1, -0.05) is 19.9 Å². The molecule has 0 heterocycles. The smallest absolute Gasteiger partial charge is 0.123 e.